The average molecular weight is 896 g/mol. The van der Waals surface area contributed by atoms with Crippen LogP contribution in [0, 0.1) is 11.3 Å². The summed E-state index contributed by atoms with van der Waals surface area (Å²) in [4.78, 5) is 70.1. The summed E-state index contributed by atoms with van der Waals surface area (Å²) in [5, 5.41) is 11.6. The fourth-order valence-corrected chi connectivity index (χ4v) is 10.8. The topological polar surface area (TPSA) is 173 Å². The molecule has 0 unspecified atom stereocenters. The van der Waals surface area contributed by atoms with Gasteiger partial charge in [-0.25, -0.2) is 10.4 Å². The molecular weight excluding hydrogens is 831 g/mol. The zero-order valence-corrected chi connectivity index (χ0v) is 39.4. The largest absolute Gasteiger partial charge is 0.464 e. The minimum atomic E-state index is -0.961. The smallest absolute Gasteiger partial charge is 0.324 e. The zero-order chi connectivity index (χ0) is 45.4. The fraction of sp³-hybridized carbons (Fsp3) is 0.583. The maximum Gasteiger partial charge on any atom is 0.324 e. The molecule has 6 bridgehead atoms. The summed E-state index contributed by atoms with van der Waals surface area (Å²) >= 11 is 1.46. The second-order valence-corrected chi connectivity index (χ2v) is 20.1. The minimum Gasteiger partial charge on any atom is -0.464 e. The van der Waals surface area contributed by atoms with E-state index in [1.165, 1.54) is 16.3 Å². The van der Waals surface area contributed by atoms with E-state index in [0.717, 1.165) is 57.5 Å². The minimum absolute atomic E-state index is 0.0152. The van der Waals surface area contributed by atoms with Crippen LogP contribution < -0.4 is 16.1 Å². The van der Waals surface area contributed by atoms with E-state index < -0.39 is 29.5 Å². The van der Waals surface area contributed by atoms with E-state index in [2.05, 4.69) is 70.6 Å². The number of carbonyl (C=O) groups is 4. The number of likely N-dealkylation sites (N-methyl/N-ethyl adjacent to an activating group) is 1. The number of hydrogen-bond donors (Lipinski definition) is 3. The number of nitrogens with zero attached hydrogens (tertiary/aromatic N) is 6. The number of hydrogen-bond acceptors (Lipinski definition) is 12. The third-order valence-corrected chi connectivity index (χ3v) is 14.3. The maximum absolute atomic E-state index is 14.7. The molecular formula is C48H65N9O6S. The van der Waals surface area contributed by atoms with Crippen LogP contribution in [0.15, 0.2) is 41.9 Å². The molecule has 0 aliphatic carbocycles. The SMILES string of the molecule is CCn1c(-c2cccnc2[C@H](C)OC)c2c3cc(ccc31)-c1csc(n1)C[C@H](NC(=O)[C@H](C(C)C)N1CCC[C@@H](N(C)C(=O)[C@@H]3CN3)C1)C(=O)N1CCC[C@H](N1)C(=O)OCC(C)(C)C2. The van der Waals surface area contributed by atoms with E-state index in [1.54, 1.807) is 13.3 Å². The predicted molar refractivity (Wildman–Crippen MR) is 247 cm³/mol. The van der Waals surface area contributed by atoms with Crippen molar-refractivity contribution in [3.8, 4) is 22.5 Å². The number of hydrazine groups is 1. The summed E-state index contributed by atoms with van der Waals surface area (Å²) in [5.41, 5.74) is 9.55. The molecule has 3 saturated heterocycles. The maximum atomic E-state index is 14.7. The Kier molecular flexibility index (Phi) is 13.6. The summed E-state index contributed by atoms with van der Waals surface area (Å²) in [6.07, 6.45) is 5.15. The Balaban J connectivity index is 1.16. The Labute approximate surface area is 380 Å². The van der Waals surface area contributed by atoms with Crippen LogP contribution in [0.2, 0.25) is 0 Å². The number of thiazole rings is 1. The number of aryl methyl sites for hydroxylation is 1. The summed E-state index contributed by atoms with van der Waals surface area (Å²) in [5.74, 6) is -0.977. The predicted octanol–water partition coefficient (Wildman–Crippen LogP) is 5.12. The van der Waals surface area contributed by atoms with Gasteiger partial charge in [0, 0.05) is 91.8 Å². The van der Waals surface area contributed by atoms with Crippen molar-refractivity contribution in [2.45, 2.75) is 123 Å². The van der Waals surface area contributed by atoms with Gasteiger partial charge in [-0.2, -0.15) is 0 Å². The van der Waals surface area contributed by atoms with Gasteiger partial charge in [0.15, 0.2) is 0 Å². The molecule has 0 spiro atoms. The molecule has 7 heterocycles. The Hall–Kier alpha value is -4.74. The molecule has 3 aromatic heterocycles. The molecule has 3 N–H and O–H groups in total. The van der Waals surface area contributed by atoms with Gasteiger partial charge < -0.3 is 29.6 Å². The summed E-state index contributed by atoms with van der Waals surface area (Å²) in [6.45, 7) is 15.7. The molecule has 0 saturated carbocycles. The molecule has 16 heteroatoms. The molecule has 4 aliphatic heterocycles. The van der Waals surface area contributed by atoms with Gasteiger partial charge in [0.05, 0.1) is 46.9 Å². The monoisotopic (exact) mass is 895 g/mol. The van der Waals surface area contributed by atoms with E-state index in [9.17, 15) is 19.2 Å². The van der Waals surface area contributed by atoms with Crippen molar-refractivity contribution in [2.75, 3.05) is 46.9 Å². The quantitative estimate of drug-likeness (QED) is 0.143. The van der Waals surface area contributed by atoms with Gasteiger partial charge in [0.1, 0.15) is 12.1 Å². The van der Waals surface area contributed by atoms with Gasteiger partial charge in [-0.3, -0.25) is 34.1 Å². The number of likely N-dealkylation sites (tertiary alicyclic amines) is 1. The van der Waals surface area contributed by atoms with E-state index in [4.69, 9.17) is 19.4 Å². The van der Waals surface area contributed by atoms with Crippen molar-refractivity contribution in [3.63, 3.8) is 0 Å². The third-order valence-electron chi connectivity index (χ3n) is 13.5. The van der Waals surface area contributed by atoms with Crippen LogP contribution in [-0.2, 0) is 48.0 Å². The number of cyclic esters (lactones) is 1. The molecule has 344 valence electrons. The van der Waals surface area contributed by atoms with E-state index in [-0.39, 0.29) is 54.9 Å². The zero-order valence-electron chi connectivity index (χ0n) is 38.6. The van der Waals surface area contributed by atoms with Gasteiger partial charge in [0.2, 0.25) is 11.8 Å². The number of nitrogens with one attached hydrogen (secondary N) is 3. The first-order valence-electron chi connectivity index (χ1n) is 23.0. The number of benzene rings is 1. The molecule has 0 radical (unpaired) electrons. The highest BCUT2D eigenvalue weighted by Crippen LogP contribution is 2.42. The summed E-state index contributed by atoms with van der Waals surface area (Å²) in [6, 6.07) is 8.17. The van der Waals surface area contributed by atoms with Gasteiger partial charge in [-0.1, -0.05) is 33.8 Å². The standard InChI is InChI=1S/C48H65N9O6S/c1-9-56-39-17-16-30-21-33(39)34(43(56)32-14-10-18-49-41(32)29(4)62-8)23-48(5,6)27-63-47(61)35-15-12-20-57(53-35)46(60)36(22-40-51-38(30)26-64-40)52-44(58)42(28(2)3)55-19-11-13-31(25-55)54(7)45(59)37-24-50-37/h10,14,16-18,21,26,28-29,31,35-37,42,50,53H,9,11-13,15,19-20,22-25,27H2,1-8H3,(H,52,58)/t29-,31+,35-,36-,37-,42-/m0/s1. The second kappa shape index (κ2) is 19.0. The van der Waals surface area contributed by atoms with Crippen LogP contribution >= 0.6 is 11.3 Å². The van der Waals surface area contributed by atoms with Crippen LogP contribution in [0.5, 0.6) is 0 Å². The molecule has 1 aromatic carbocycles. The lowest BCUT2D eigenvalue weighted by Crippen LogP contribution is -2.63. The number of aromatic nitrogens is 3. The molecule has 4 aliphatic rings. The number of ether oxygens (including phenoxy) is 2. The van der Waals surface area contributed by atoms with Crippen molar-refractivity contribution in [1.82, 2.24) is 45.4 Å². The molecule has 6 atom stereocenters. The van der Waals surface area contributed by atoms with Gasteiger partial charge in [0.25, 0.3) is 5.91 Å². The number of piperidine rings is 1. The number of esters is 1. The lowest BCUT2D eigenvalue weighted by molar-refractivity contribution is -0.155. The van der Waals surface area contributed by atoms with E-state index >= 15 is 0 Å². The summed E-state index contributed by atoms with van der Waals surface area (Å²) in [7, 11) is 3.55. The van der Waals surface area contributed by atoms with Crippen molar-refractivity contribution in [1.29, 1.82) is 0 Å². The number of pyridine rings is 1. The first-order valence-corrected chi connectivity index (χ1v) is 23.9. The second-order valence-electron chi connectivity index (χ2n) is 19.2. The van der Waals surface area contributed by atoms with Gasteiger partial charge in [-0.15, -0.1) is 11.3 Å². The number of amides is 3. The lowest BCUT2D eigenvalue weighted by Gasteiger charge is -2.42. The number of methoxy groups -OCH3 is 1. The Morgan fingerprint density at radius 1 is 1.12 bits per heavy atom. The first kappa shape index (κ1) is 45.8. The van der Waals surface area contributed by atoms with Gasteiger partial charge in [-0.05, 0) is 88.2 Å². The highest BCUT2D eigenvalue weighted by atomic mass is 32.1. The molecule has 8 rings (SSSR count). The number of carbonyl (C=O) groups excluding carboxylic acids is 4. The number of rotatable bonds is 10. The molecule has 64 heavy (non-hydrogen) atoms. The van der Waals surface area contributed by atoms with Crippen LogP contribution in [0.3, 0.4) is 0 Å². The fourth-order valence-electron chi connectivity index (χ4n) is 9.92. The summed E-state index contributed by atoms with van der Waals surface area (Å²) < 4.78 is 14.3. The van der Waals surface area contributed by atoms with Crippen LogP contribution in [0.1, 0.15) is 89.6 Å². The average Bonchev–Trinajstić information content (AvgIpc) is 3.97. The van der Waals surface area contributed by atoms with Crippen LogP contribution in [0.4, 0.5) is 0 Å². The van der Waals surface area contributed by atoms with Crippen molar-refractivity contribution < 1.29 is 28.7 Å². The van der Waals surface area contributed by atoms with Crippen molar-refractivity contribution in [2.24, 2.45) is 11.3 Å². The van der Waals surface area contributed by atoms with E-state index in [1.807, 2.05) is 44.2 Å². The first-order chi connectivity index (χ1) is 30.7. The van der Waals surface area contributed by atoms with Crippen LogP contribution in [0.25, 0.3) is 33.4 Å². The van der Waals surface area contributed by atoms with Crippen molar-refractivity contribution >= 4 is 45.9 Å². The molecule has 15 nitrogen and oxygen atoms in total. The highest BCUT2D eigenvalue weighted by Gasteiger charge is 2.41. The molecule has 3 fully saturated rings. The normalized spacial score (nSPS) is 23.9. The molecule has 3 amide bonds. The number of fused-ring (bicyclic) bond motifs is 6. The highest BCUT2D eigenvalue weighted by molar-refractivity contribution is 7.10. The van der Waals surface area contributed by atoms with Crippen molar-refractivity contribution in [3.05, 3.63) is 58.2 Å². The van der Waals surface area contributed by atoms with Crippen LogP contribution in [-0.4, -0.2) is 130 Å². The Bertz CT molecular complexity index is 2370. The Morgan fingerprint density at radius 2 is 1.91 bits per heavy atom. The Morgan fingerprint density at radius 3 is 2.64 bits per heavy atom. The van der Waals surface area contributed by atoms with E-state index in [0.29, 0.717) is 57.0 Å². The molecule has 4 aromatic rings. The van der Waals surface area contributed by atoms with Gasteiger partial charge >= 0.3 is 5.97 Å². The third kappa shape index (κ3) is 9.48. The lowest BCUT2D eigenvalue weighted by atomic mass is 9.84.